The largest absolute Gasteiger partial charge is 0.548 e. The van der Waals surface area contributed by atoms with Gasteiger partial charge in [0.15, 0.2) is 0 Å². The molecule has 2 rings (SSSR count). The molecule has 2 aliphatic rings. The maximum atomic E-state index is 12.1. The highest BCUT2D eigenvalue weighted by atomic mass is 16.4. The van der Waals surface area contributed by atoms with Crippen molar-refractivity contribution in [3.8, 4) is 0 Å². The fraction of sp³-hybridized carbons (Fsp3) is 0.750. The molecule has 1 saturated heterocycles. The number of amides is 2. The van der Waals surface area contributed by atoms with Gasteiger partial charge < -0.3 is 9.90 Å². The van der Waals surface area contributed by atoms with E-state index in [1.165, 1.54) is 0 Å². The number of hydrogen-bond donors (Lipinski definition) is 0. The average molecular weight is 238 g/mol. The van der Waals surface area contributed by atoms with E-state index in [4.69, 9.17) is 0 Å². The van der Waals surface area contributed by atoms with Crippen LogP contribution in [-0.4, -0.2) is 28.7 Å². The van der Waals surface area contributed by atoms with Crippen LogP contribution < -0.4 is 5.11 Å². The number of imide groups is 1. The first-order valence-electron chi connectivity index (χ1n) is 6.15. The smallest absolute Gasteiger partial charge is 0.233 e. The monoisotopic (exact) mass is 238 g/mol. The molecule has 94 valence electrons. The maximum absolute atomic E-state index is 12.1. The Hall–Kier alpha value is -1.39. The van der Waals surface area contributed by atoms with Gasteiger partial charge >= 0.3 is 0 Å². The molecule has 0 bridgehead atoms. The van der Waals surface area contributed by atoms with E-state index >= 15 is 0 Å². The van der Waals surface area contributed by atoms with Crippen molar-refractivity contribution in [2.75, 3.05) is 0 Å². The highest BCUT2D eigenvalue weighted by Gasteiger charge is 2.50. The second-order valence-electron chi connectivity index (χ2n) is 4.79. The molecule has 0 unspecified atom stereocenters. The minimum Gasteiger partial charge on any atom is -0.548 e. The number of fused-ring (bicyclic) bond motifs is 1. The van der Waals surface area contributed by atoms with Gasteiger partial charge in [-0.15, -0.1) is 0 Å². The van der Waals surface area contributed by atoms with Gasteiger partial charge in [0.25, 0.3) is 0 Å². The second kappa shape index (κ2) is 4.47. The molecule has 2 amide bonds. The predicted molar refractivity (Wildman–Crippen MR) is 56.4 cm³/mol. The van der Waals surface area contributed by atoms with E-state index in [1.54, 1.807) is 6.92 Å². The van der Waals surface area contributed by atoms with E-state index in [1.807, 2.05) is 0 Å². The molecule has 2 fully saturated rings. The number of aliphatic carboxylic acids is 1. The normalized spacial score (nSPS) is 30.3. The van der Waals surface area contributed by atoms with E-state index in [0.717, 1.165) is 17.7 Å². The lowest BCUT2D eigenvalue weighted by Crippen LogP contribution is -2.50. The summed E-state index contributed by atoms with van der Waals surface area (Å²) in [5.41, 5.74) is 0. The highest BCUT2D eigenvalue weighted by molar-refractivity contribution is 6.07. The maximum Gasteiger partial charge on any atom is 0.233 e. The van der Waals surface area contributed by atoms with Crippen molar-refractivity contribution >= 4 is 17.8 Å². The minimum absolute atomic E-state index is 0.208. The van der Waals surface area contributed by atoms with Crippen LogP contribution >= 0.6 is 0 Å². The number of nitrogens with zero attached hydrogens (tertiary/aromatic N) is 1. The van der Waals surface area contributed by atoms with Crippen LogP contribution in [0.1, 0.15) is 39.0 Å². The molecule has 1 heterocycles. The van der Waals surface area contributed by atoms with Crippen molar-refractivity contribution in [1.29, 1.82) is 0 Å². The van der Waals surface area contributed by atoms with Gasteiger partial charge in [0, 0.05) is 0 Å². The number of carbonyl (C=O) groups excluding carboxylic acids is 3. The van der Waals surface area contributed by atoms with E-state index in [-0.39, 0.29) is 30.1 Å². The number of hydrogen-bond acceptors (Lipinski definition) is 4. The van der Waals surface area contributed by atoms with Crippen LogP contribution in [0.3, 0.4) is 0 Å². The van der Waals surface area contributed by atoms with Crippen LogP contribution in [-0.2, 0) is 14.4 Å². The lowest BCUT2D eigenvalue weighted by atomic mass is 9.81. The summed E-state index contributed by atoms with van der Waals surface area (Å²) in [6.45, 7) is 1.64. The zero-order chi connectivity index (χ0) is 12.6. The SMILES string of the molecule is CC[C@@H](C(=O)[O-])N1C(=O)[C@H]2CCCC[C@@H]2C1=O. The zero-order valence-corrected chi connectivity index (χ0v) is 9.85. The molecule has 1 aliphatic heterocycles. The Balaban J connectivity index is 2.26. The topological polar surface area (TPSA) is 77.5 Å². The molecule has 5 nitrogen and oxygen atoms in total. The van der Waals surface area contributed by atoms with E-state index < -0.39 is 12.0 Å². The van der Waals surface area contributed by atoms with E-state index in [2.05, 4.69) is 0 Å². The Bertz CT molecular complexity index is 342. The molecule has 0 aromatic heterocycles. The molecule has 1 aliphatic carbocycles. The summed E-state index contributed by atoms with van der Waals surface area (Å²) >= 11 is 0. The number of carboxylic acids is 1. The third-order valence-corrected chi connectivity index (χ3v) is 3.85. The lowest BCUT2D eigenvalue weighted by molar-refractivity contribution is -0.311. The summed E-state index contributed by atoms with van der Waals surface area (Å²) in [7, 11) is 0. The molecule has 0 aromatic rings. The van der Waals surface area contributed by atoms with Gasteiger partial charge in [0.1, 0.15) is 0 Å². The van der Waals surface area contributed by atoms with E-state index in [9.17, 15) is 19.5 Å². The summed E-state index contributed by atoms with van der Waals surface area (Å²) in [4.78, 5) is 36.0. The van der Waals surface area contributed by atoms with Crippen molar-refractivity contribution in [2.45, 2.75) is 45.1 Å². The third-order valence-electron chi connectivity index (χ3n) is 3.85. The first kappa shape index (κ1) is 12.1. The number of carboxylic acid groups (broad SMARTS) is 1. The molecule has 0 N–H and O–H groups in total. The standard InChI is InChI=1S/C12H17NO4/c1-2-9(12(16)17)13-10(14)7-5-3-4-6-8(7)11(13)15/h7-9H,2-6H2,1H3,(H,16,17)/p-1/t7-,8-,9-/m0/s1. The van der Waals surface area contributed by atoms with Gasteiger partial charge in [-0.05, 0) is 19.3 Å². The first-order valence-corrected chi connectivity index (χ1v) is 6.15. The molecule has 3 atom stereocenters. The first-order chi connectivity index (χ1) is 8.07. The van der Waals surface area contributed by atoms with Gasteiger partial charge in [-0.1, -0.05) is 19.8 Å². The molecule has 0 spiro atoms. The van der Waals surface area contributed by atoms with E-state index in [0.29, 0.717) is 12.8 Å². The summed E-state index contributed by atoms with van der Waals surface area (Å²) in [5.74, 6) is -2.53. The van der Waals surface area contributed by atoms with Crippen molar-refractivity contribution in [2.24, 2.45) is 11.8 Å². The second-order valence-corrected chi connectivity index (χ2v) is 4.79. The van der Waals surface area contributed by atoms with Crippen LogP contribution in [0.15, 0.2) is 0 Å². The van der Waals surface area contributed by atoms with Crippen molar-refractivity contribution < 1.29 is 19.5 Å². The number of likely N-dealkylation sites (tertiary alicyclic amines) is 1. The van der Waals surface area contributed by atoms with Gasteiger partial charge in [-0.2, -0.15) is 0 Å². The molecule has 1 saturated carbocycles. The van der Waals surface area contributed by atoms with Crippen molar-refractivity contribution in [3.63, 3.8) is 0 Å². The third kappa shape index (κ3) is 1.83. The average Bonchev–Trinajstić information content (AvgIpc) is 2.56. The molecular formula is C12H16NO4-. The summed E-state index contributed by atoms with van der Waals surface area (Å²) in [5, 5.41) is 11.0. The highest BCUT2D eigenvalue weighted by Crippen LogP contribution is 2.39. The lowest BCUT2D eigenvalue weighted by Gasteiger charge is -2.26. The molecule has 0 aromatic carbocycles. The minimum atomic E-state index is -1.34. The summed E-state index contributed by atoms with van der Waals surface area (Å²) in [6, 6.07) is -1.10. The van der Waals surface area contributed by atoms with Crippen LogP contribution in [0.4, 0.5) is 0 Å². The van der Waals surface area contributed by atoms with Crippen LogP contribution in [0.2, 0.25) is 0 Å². The van der Waals surface area contributed by atoms with Crippen LogP contribution in [0.25, 0.3) is 0 Å². The number of rotatable bonds is 3. The summed E-state index contributed by atoms with van der Waals surface area (Å²) in [6.07, 6.45) is 3.50. The Morgan fingerprint density at radius 1 is 1.29 bits per heavy atom. The van der Waals surface area contributed by atoms with Gasteiger partial charge in [0.05, 0.1) is 23.8 Å². The van der Waals surface area contributed by atoms with Gasteiger partial charge in [-0.25, -0.2) is 0 Å². The Kier molecular flexibility index (Phi) is 3.17. The van der Waals surface area contributed by atoms with Gasteiger partial charge in [0.2, 0.25) is 11.8 Å². The van der Waals surface area contributed by atoms with Crippen molar-refractivity contribution in [1.82, 2.24) is 4.90 Å². The quantitative estimate of drug-likeness (QED) is 0.632. The number of carbonyl (C=O) groups is 3. The Labute approximate surface area is 99.8 Å². The fourth-order valence-electron chi connectivity index (χ4n) is 2.95. The molecule has 5 heteroatoms. The molecule has 17 heavy (non-hydrogen) atoms. The molecular weight excluding hydrogens is 222 g/mol. The summed E-state index contributed by atoms with van der Waals surface area (Å²) < 4.78 is 0. The fourth-order valence-corrected chi connectivity index (χ4v) is 2.95. The van der Waals surface area contributed by atoms with Crippen LogP contribution in [0.5, 0.6) is 0 Å². The Morgan fingerprint density at radius 2 is 1.76 bits per heavy atom. The van der Waals surface area contributed by atoms with Gasteiger partial charge in [-0.3, -0.25) is 14.5 Å². The Morgan fingerprint density at radius 3 is 2.12 bits per heavy atom. The zero-order valence-electron chi connectivity index (χ0n) is 9.85. The predicted octanol–water partition coefficient (Wildman–Crippen LogP) is -0.310. The van der Waals surface area contributed by atoms with Crippen molar-refractivity contribution in [3.05, 3.63) is 0 Å². The molecule has 0 radical (unpaired) electrons. The van der Waals surface area contributed by atoms with Crippen LogP contribution in [0, 0.1) is 11.8 Å².